The van der Waals surface area contributed by atoms with E-state index in [1.54, 1.807) is 15.9 Å². The molecule has 1 aromatic carbocycles. The van der Waals surface area contributed by atoms with Crippen molar-refractivity contribution in [3.05, 3.63) is 42.0 Å². The second-order valence-corrected chi connectivity index (χ2v) is 6.37. The predicted octanol–water partition coefficient (Wildman–Crippen LogP) is 1.63. The number of rotatable bonds is 5. The SMILES string of the molecule is Cc1cc(-n2cncn2)ccc1C(=O)N(C)CC(C)(C)CN. The summed E-state index contributed by atoms with van der Waals surface area (Å²) in [6, 6.07) is 5.64. The first-order valence-corrected chi connectivity index (χ1v) is 7.25. The topological polar surface area (TPSA) is 77.0 Å². The van der Waals surface area contributed by atoms with E-state index < -0.39 is 0 Å². The van der Waals surface area contributed by atoms with Gasteiger partial charge in [-0.3, -0.25) is 4.79 Å². The number of nitrogens with two attached hydrogens (primary N) is 1. The lowest BCUT2D eigenvalue weighted by molar-refractivity contribution is 0.0740. The van der Waals surface area contributed by atoms with Gasteiger partial charge in [-0.15, -0.1) is 0 Å². The van der Waals surface area contributed by atoms with Crippen LogP contribution in [0.3, 0.4) is 0 Å². The number of carbonyl (C=O) groups is 1. The number of aromatic nitrogens is 3. The third-order valence-corrected chi connectivity index (χ3v) is 3.69. The molecule has 118 valence electrons. The zero-order valence-electron chi connectivity index (χ0n) is 13.6. The summed E-state index contributed by atoms with van der Waals surface area (Å²) < 4.78 is 1.67. The van der Waals surface area contributed by atoms with Crippen LogP contribution >= 0.6 is 0 Å². The van der Waals surface area contributed by atoms with Crippen LogP contribution in [0.4, 0.5) is 0 Å². The summed E-state index contributed by atoms with van der Waals surface area (Å²) in [5.41, 5.74) is 8.14. The fourth-order valence-electron chi connectivity index (χ4n) is 2.36. The summed E-state index contributed by atoms with van der Waals surface area (Å²) >= 11 is 0. The van der Waals surface area contributed by atoms with Crippen LogP contribution in [0.1, 0.15) is 29.8 Å². The van der Waals surface area contributed by atoms with Gasteiger partial charge in [-0.05, 0) is 42.6 Å². The normalized spacial score (nSPS) is 11.5. The monoisotopic (exact) mass is 301 g/mol. The minimum Gasteiger partial charge on any atom is -0.341 e. The maximum atomic E-state index is 12.6. The van der Waals surface area contributed by atoms with Gasteiger partial charge in [0.25, 0.3) is 5.91 Å². The van der Waals surface area contributed by atoms with E-state index in [9.17, 15) is 4.79 Å². The molecule has 0 unspecified atom stereocenters. The molecule has 2 rings (SSSR count). The number of carbonyl (C=O) groups excluding carboxylic acids is 1. The minimum atomic E-state index is -0.0982. The van der Waals surface area contributed by atoms with Gasteiger partial charge >= 0.3 is 0 Å². The third-order valence-electron chi connectivity index (χ3n) is 3.69. The number of hydrogen-bond acceptors (Lipinski definition) is 4. The highest BCUT2D eigenvalue weighted by Crippen LogP contribution is 2.19. The smallest absolute Gasteiger partial charge is 0.253 e. The molecule has 1 aromatic heterocycles. The van der Waals surface area contributed by atoms with Crippen LogP contribution in [-0.4, -0.2) is 45.7 Å². The summed E-state index contributed by atoms with van der Waals surface area (Å²) in [7, 11) is 1.81. The highest BCUT2D eigenvalue weighted by Gasteiger charge is 2.22. The van der Waals surface area contributed by atoms with Crippen LogP contribution < -0.4 is 5.73 Å². The first kappa shape index (κ1) is 16.2. The van der Waals surface area contributed by atoms with Gasteiger partial charge in [0.15, 0.2) is 0 Å². The summed E-state index contributed by atoms with van der Waals surface area (Å²) in [6.45, 7) is 7.19. The van der Waals surface area contributed by atoms with E-state index in [1.165, 1.54) is 6.33 Å². The zero-order valence-corrected chi connectivity index (χ0v) is 13.6. The van der Waals surface area contributed by atoms with Crippen LogP contribution in [-0.2, 0) is 0 Å². The number of benzene rings is 1. The summed E-state index contributed by atoms with van der Waals surface area (Å²) in [5.74, 6) is 0.00386. The lowest BCUT2D eigenvalue weighted by Gasteiger charge is -2.29. The van der Waals surface area contributed by atoms with E-state index in [1.807, 2.05) is 32.2 Å². The fraction of sp³-hybridized carbons (Fsp3) is 0.438. The molecule has 22 heavy (non-hydrogen) atoms. The van der Waals surface area contributed by atoms with Crippen molar-refractivity contribution in [2.45, 2.75) is 20.8 Å². The van der Waals surface area contributed by atoms with Crippen molar-refractivity contribution in [2.75, 3.05) is 20.1 Å². The Bertz CT molecular complexity index is 649. The van der Waals surface area contributed by atoms with Crippen molar-refractivity contribution in [2.24, 2.45) is 11.1 Å². The highest BCUT2D eigenvalue weighted by molar-refractivity contribution is 5.95. The van der Waals surface area contributed by atoms with Gasteiger partial charge in [0.1, 0.15) is 12.7 Å². The van der Waals surface area contributed by atoms with Crippen molar-refractivity contribution in [3.8, 4) is 5.69 Å². The molecule has 0 atom stereocenters. The van der Waals surface area contributed by atoms with E-state index in [0.717, 1.165) is 11.3 Å². The van der Waals surface area contributed by atoms with E-state index in [-0.39, 0.29) is 11.3 Å². The molecule has 0 fully saturated rings. The van der Waals surface area contributed by atoms with Crippen LogP contribution in [0.15, 0.2) is 30.9 Å². The summed E-state index contributed by atoms with van der Waals surface area (Å²) in [6.07, 6.45) is 3.11. The maximum absolute atomic E-state index is 12.6. The average molecular weight is 301 g/mol. The molecule has 0 bridgehead atoms. The van der Waals surface area contributed by atoms with Gasteiger partial charge in [0.05, 0.1) is 5.69 Å². The number of nitrogens with zero attached hydrogens (tertiary/aromatic N) is 4. The molecular weight excluding hydrogens is 278 g/mol. The van der Waals surface area contributed by atoms with Gasteiger partial charge in [-0.2, -0.15) is 5.10 Å². The van der Waals surface area contributed by atoms with Crippen molar-refractivity contribution >= 4 is 5.91 Å². The largest absolute Gasteiger partial charge is 0.341 e. The summed E-state index contributed by atoms with van der Waals surface area (Å²) in [4.78, 5) is 18.3. The molecule has 2 aromatic rings. The lowest BCUT2D eigenvalue weighted by Crippen LogP contribution is -2.40. The molecule has 0 aliphatic carbocycles. The first-order chi connectivity index (χ1) is 10.3. The van der Waals surface area contributed by atoms with Gasteiger partial charge < -0.3 is 10.6 Å². The predicted molar refractivity (Wildman–Crippen MR) is 85.9 cm³/mol. The van der Waals surface area contributed by atoms with Gasteiger partial charge in [-0.1, -0.05) is 13.8 Å². The molecule has 0 aliphatic heterocycles. The summed E-state index contributed by atoms with van der Waals surface area (Å²) in [5, 5.41) is 4.09. The Morgan fingerprint density at radius 2 is 2.14 bits per heavy atom. The molecule has 0 spiro atoms. The molecule has 0 saturated heterocycles. The average Bonchev–Trinajstić information content (AvgIpc) is 3.00. The van der Waals surface area contributed by atoms with Gasteiger partial charge in [0, 0.05) is 19.2 Å². The van der Waals surface area contributed by atoms with Crippen LogP contribution in [0.2, 0.25) is 0 Å². The Morgan fingerprint density at radius 3 is 2.68 bits per heavy atom. The van der Waals surface area contributed by atoms with Crippen molar-refractivity contribution in [3.63, 3.8) is 0 Å². The van der Waals surface area contributed by atoms with Gasteiger partial charge in [0.2, 0.25) is 0 Å². The van der Waals surface area contributed by atoms with Gasteiger partial charge in [-0.25, -0.2) is 9.67 Å². The molecule has 6 heteroatoms. The van der Waals surface area contributed by atoms with E-state index in [4.69, 9.17) is 5.73 Å². The maximum Gasteiger partial charge on any atom is 0.253 e. The standard InChI is InChI=1S/C16H23N5O/c1-12-7-13(21-11-18-10-19-21)5-6-14(12)15(22)20(4)9-16(2,3)8-17/h5-7,10-11H,8-9,17H2,1-4H3. The molecule has 1 heterocycles. The molecule has 1 amide bonds. The van der Waals surface area contributed by atoms with E-state index in [2.05, 4.69) is 23.9 Å². The molecule has 6 nitrogen and oxygen atoms in total. The Balaban J connectivity index is 2.20. The van der Waals surface area contributed by atoms with Crippen molar-refractivity contribution in [1.82, 2.24) is 19.7 Å². The quantitative estimate of drug-likeness (QED) is 0.910. The number of amides is 1. The van der Waals surface area contributed by atoms with Crippen LogP contribution in [0.5, 0.6) is 0 Å². The molecule has 0 saturated carbocycles. The van der Waals surface area contributed by atoms with E-state index in [0.29, 0.717) is 18.7 Å². The minimum absolute atomic E-state index is 0.00386. The Labute approximate surface area is 130 Å². The molecule has 0 radical (unpaired) electrons. The number of hydrogen-bond donors (Lipinski definition) is 1. The first-order valence-electron chi connectivity index (χ1n) is 7.25. The second-order valence-electron chi connectivity index (χ2n) is 6.37. The van der Waals surface area contributed by atoms with Crippen LogP contribution in [0, 0.1) is 12.3 Å². The molecule has 0 aliphatic rings. The molecule has 2 N–H and O–H groups in total. The third kappa shape index (κ3) is 3.51. The number of aryl methyl sites for hydroxylation is 1. The fourth-order valence-corrected chi connectivity index (χ4v) is 2.36. The lowest BCUT2D eigenvalue weighted by atomic mass is 9.93. The molecular formula is C16H23N5O. The second kappa shape index (κ2) is 6.27. The highest BCUT2D eigenvalue weighted by atomic mass is 16.2. The van der Waals surface area contributed by atoms with E-state index >= 15 is 0 Å². The van der Waals surface area contributed by atoms with Crippen LogP contribution in [0.25, 0.3) is 5.69 Å². The zero-order chi connectivity index (χ0) is 16.3. The van der Waals surface area contributed by atoms with Crippen molar-refractivity contribution in [1.29, 1.82) is 0 Å². The Kier molecular flexibility index (Phi) is 4.61. The Morgan fingerprint density at radius 1 is 1.41 bits per heavy atom. The Hall–Kier alpha value is -2.21. The van der Waals surface area contributed by atoms with Crippen molar-refractivity contribution < 1.29 is 4.79 Å².